The molecule has 42 heavy (non-hydrogen) atoms. The van der Waals surface area contributed by atoms with E-state index in [2.05, 4.69) is 21.3 Å². The molecule has 2 aliphatic rings. The van der Waals surface area contributed by atoms with Crippen LogP contribution in [0.15, 0.2) is 42.1 Å². The van der Waals surface area contributed by atoms with Gasteiger partial charge in [0.15, 0.2) is 5.78 Å². The van der Waals surface area contributed by atoms with Gasteiger partial charge in [0.2, 0.25) is 17.6 Å². The lowest BCUT2D eigenvalue weighted by Gasteiger charge is -2.32. The van der Waals surface area contributed by atoms with E-state index in [0.717, 1.165) is 11.6 Å². The number of ketones is 2. The number of hydrogen-bond acceptors (Lipinski definition) is 8. The molecule has 0 saturated carbocycles. The van der Waals surface area contributed by atoms with E-state index in [-0.39, 0.29) is 54.1 Å². The van der Waals surface area contributed by atoms with Crippen molar-refractivity contribution in [2.45, 2.75) is 64.1 Å². The van der Waals surface area contributed by atoms with E-state index in [1.54, 1.807) is 18.7 Å². The van der Waals surface area contributed by atoms with Crippen molar-refractivity contribution in [1.29, 1.82) is 0 Å². The largest absolute Gasteiger partial charge is 0.394 e. The van der Waals surface area contributed by atoms with Crippen LogP contribution in [0.2, 0.25) is 0 Å². The number of allylic oxidation sites excluding steroid dienone is 1. The Hall–Kier alpha value is -4.06. The molecule has 0 aliphatic carbocycles. The highest BCUT2D eigenvalue weighted by Gasteiger charge is 2.41. The van der Waals surface area contributed by atoms with Crippen LogP contribution in [0.3, 0.4) is 0 Å². The molecule has 228 valence electrons. The van der Waals surface area contributed by atoms with Gasteiger partial charge < -0.3 is 31.9 Å². The number of carbonyl (C=O) groups is 6. The van der Waals surface area contributed by atoms with Crippen LogP contribution in [-0.2, 0) is 28.8 Å². The van der Waals surface area contributed by atoms with Crippen LogP contribution in [0.5, 0.6) is 0 Å². The van der Waals surface area contributed by atoms with Gasteiger partial charge in [-0.3, -0.25) is 28.8 Å². The first-order chi connectivity index (χ1) is 19.9. The van der Waals surface area contributed by atoms with Crippen molar-refractivity contribution >= 4 is 35.2 Å². The Balaban J connectivity index is 1.85. The zero-order chi connectivity index (χ0) is 31.0. The lowest BCUT2D eigenvalue weighted by atomic mass is 9.94. The molecule has 2 fully saturated rings. The average molecular weight is 583 g/mol. The molecular formula is C30H42N6O6. The Morgan fingerprint density at radius 3 is 2.38 bits per heavy atom. The van der Waals surface area contributed by atoms with Crippen molar-refractivity contribution in [2.24, 2.45) is 17.6 Å². The summed E-state index contributed by atoms with van der Waals surface area (Å²) in [6.45, 7) is 5.97. The number of likely N-dealkylation sites (N-methyl/N-ethyl adjacent to an activating group) is 1. The fraction of sp³-hybridized carbons (Fsp3) is 0.533. The molecule has 3 unspecified atom stereocenters. The summed E-state index contributed by atoms with van der Waals surface area (Å²) < 4.78 is 0. The molecule has 1 aromatic carbocycles. The molecule has 12 nitrogen and oxygen atoms in total. The van der Waals surface area contributed by atoms with E-state index in [0.29, 0.717) is 25.9 Å². The second-order valence-corrected chi connectivity index (χ2v) is 11.3. The van der Waals surface area contributed by atoms with E-state index < -0.39 is 35.6 Å². The van der Waals surface area contributed by atoms with Crippen molar-refractivity contribution in [2.75, 3.05) is 26.7 Å². The topological polar surface area (TPSA) is 180 Å². The van der Waals surface area contributed by atoms with Crippen LogP contribution in [-0.4, -0.2) is 84.9 Å². The maximum absolute atomic E-state index is 14.0. The molecule has 12 heteroatoms. The van der Waals surface area contributed by atoms with Crippen LogP contribution >= 0.6 is 0 Å². The second-order valence-electron chi connectivity index (χ2n) is 11.3. The number of Topliss-reactive ketones (excluding diaryl/α,β-unsaturated/α-hetero) is 1. The number of benzene rings is 1. The first-order valence-corrected chi connectivity index (χ1v) is 14.3. The molecule has 0 bridgehead atoms. The van der Waals surface area contributed by atoms with Gasteiger partial charge in [0.05, 0.1) is 6.04 Å². The molecular weight excluding hydrogens is 540 g/mol. The van der Waals surface area contributed by atoms with Crippen LogP contribution in [0.1, 0.15) is 51.5 Å². The van der Waals surface area contributed by atoms with Gasteiger partial charge >= 0.3 is 0 Å². The maximum Gasteiger partial charge on any atom is 0.288 e. The summed E-state index contributed by atoms with van der Waals surface area (Å²) in [5.41, 5.74) is 6.54. The Morgan fingerprint density at radius 1 is 1.12 bits per heavy atom. The summed E-state index contributed by atoms with van der Waals surface area (Å²) in [6, 6.07) is 7.56. The minimum absolute atomic E-state index is 0.00171. The highest BCUT2D eigenvalue weighted by molar-refractivity contribution is 6.38. The van der Waals surface area contributed by atoms with E-state index in [9.17, 15) is 28.8 Å². The van der Waals surface area contributed by atoms with E-state index in [1.807, 2.05) is 30.3 Å². The molecule has 3 rings (SSSR count). The zero-order valence-corrected chi connectivity index (χ0v) is 24.6. The van der Waals surface area contributed by atoms with Crippen molar-refractivity contribution in [3.63, 3.8) is 0 Å². The van der Waals surface area contributed by atoms with Gasteiger partial charge in [-0.2, -0.15) is 0 Å². The molecule has 4 amide bonds. The Morgan fingerprint density at radius 2 is 1.81 bits per heavy atom. The number of nitrogens with one attached hydrogen (secondary N) is 4. The summed E-state index contributed by atoms with van der Waals surface area (Å²) >= 11 is 0. The summed E-state index contributed by atoms with van der Waals surface area (Å²) in [7, 11) is 1.38. The third kappa shape index (κ3) is 8.25. The summed E-state index contributed by atoms with van der Waals surface area (Å²) in [5, 5.41) is 11.0. The number of carbonyl (C=O) groups excluding carboxylic acids is 6. The first-order valence-electron chi connectivity index (χ1n) is 14.3. The quantitative estimate of drug-likeness (QED) is 0.156. The lowest BCUT2D eigenvalue weighted by Crippen LogP contribution is -2.55. The normalized spacial score (nSPS) is 21.9. The van der Waals surface area contributed by atoms with Crippen LogP contribution in [0.25, 0.3) is 0 Å². The molecule has 6 N–H and O–H groups in total. The highest BCUT2D eigenvalue weighted by Crippen LogP contribution is 2.32. The third-order valence-corrected chi connectivity index (χ3v) is 7.86. The molecule has 2 saturated heterocycles. The predicted octanol–water partition coefficient (Wildman–Crippen LogP) is -0.257. The number of hydrogen-bond donors (Lipinski definition) is 5. The van der Waals surface area contributed by atoms with E-state index in [4.69, 9.17) is 5.73 Å². The molecule has 1 aromatic rings. The highest BCUT2D eigenvalue weighted by atomic mass is 16.2. The van der Waals surface area contributed by atoms with Crippen molar-refractivity contribution in [1.82, 2.24) is 26.2 Å². The Bertz CT molecular complexity index is 1220. The van der Waals surface area contributed by atoms with Crippen molar-refractivity contribution in [3.05, 3.63) is 47.7 Å². The predicted molar refractivity (Wildman–Crippen MR) is 156 cm³/mol. The van der Waals surface area contributed by atoms with E-state index >= 15 is 0 Å². The first kappa shape index (κ1) is 32.5. The standard InChI is InChI=1S/C30H42N6O6/c1-17(2)25(35-28(40)23(31)12-18(3)37)30(42)36-16-21(19-8-6-5-7-9-19)13-22(36)15-34-24(26(38)29(41)32-4)14-20-10-11-33-27(20)39/h5-9,12,17,20-22,24-25,34H,10-11,13-16,31H2,1-4H3,(H,32,41)(H,33,39)(H,35,40)/t20-,21?,22?,24-,25?/m0/s1. The van der Waals surface area contributed by atoms with Crippen LogP contribution < -0.4 is 27.0 Å². The number of nitrogens with two attached hydrogens (primary N) is 1. The van der Waals surface area contributed by atoms with Gasteiger partial charge in [-0.15, -0.1) is 0 Å². The van der Waals surface area contributed by atoms with Gasteiger partial charge in [0.1, 0.15) is 11.7 Å². The third-order valence-electron chi connectivity index (χ3n) is 7.86. The molecule has 0 aromatic heterocycles. The smallest absolute Gasteiger partial charge is 0.288 e. The Kier molecular flexibility index (Phi) is 11.4. The maximum atomic E-state index is 14.0. The summed E-state index contributed by atoms with van der Waals surface area (Å²) in [5.74, 6) is -3.69. The van der Waals surface area contributed by atoms with Gasteiger partial charge in [-0.25, -0.2) is 0 Å². The summed E-state index contributed by atoms with van der Waals surface area (Å²) in [4.78, 5) is 77.3. The number of amides is 4. The van der Waals surface area contributed by atoms with Gasteiger partial charge in [-0.1, -0.05) is 44.2 Å². The molecule has 2 aliphatic heterocycles. The molecule has 0 radical (unpaired) electrons. The minimum Gasteiger partial charge on any atom is -0.394 e. The van der Waals surface area contributed by atoms with Crippen LogP contribution in [0.4, 0.5) is 0 Å². The van der Waals surface area contributed by atoms with E-state index in [1.165, 1.54) is 14.0 Å². The average Bonchev–Trinajstić information content (AvgIpc) is 3.58. The minimum atomic E-state index is -0.918. The molecule has 2 heterocycles. The van der Waals surface area contributed by atoms with Gasteiger partial charge in [0.25, 0.3) is 11.8 Å². The van der Waals surface area contributed by atoms with Crippen LogP contribution in [0, 0.1) is 11.8 Å². The second kappa shape index (κ2) is 14.7. The summed E-state index contributed by atoms with van der Waals surface area (Å²) in [6.07, 6.45) is 2.32. The Labute approximate surface area is 246 Å². The molecule has 5 atom stereocenters. The van der Waals surface area contributed by atoms with Crippen molar-refractivity contribution in [3.8, 4) is 0 Å². The fourth-order valence-corrected chi connectivity index (χ4v) is 5.55. The fourth-order valence-electron chi connectivity index (χ4n) is 5.55. The number of rotatable bonds is 13. The van der Waals surface area contributed by atoms with Gasteiger partial charge in [-0.05, 0) is 37.7 Å². The zero-order valence-electron chi connectivity index (χ0n) is 24.6. The SMILES string of the molecule is CNC(=O)C(=O)[C@H](C[C@@H]1CCNC1=O)NCC1CC(c2ccccc2)CN1C(=O)C(NC(=O)C(N)=CC(C)=O)C(C)C. The lowest BCUT2D eigenvalue weighted by molar-refractivity contribution is -0.139. The van der Waals surface area contributed by atoms with Gasteiger partial charge in [0, 0.05) is 50.6 Å². The monoisotopic (exact) mass is 582 g/mol. The van der Waals surface area contributed by atoms with Crippen molar-refractivity contribution < 1.29 is 28.8 Å². The number of likely N-dealkylation sites (tertiary alicyclic amines) is 1. The number of nitrogens with zero attached hydrogens (tertiary/aromatic N) is 1. The molecule has 0 spiro atoms.